The maximum Gasteiger partial charge on any atom is 0.407 e. The smallest absolute Gasteiger partial charge is 0.407 e. The molecule has 30 heavy (non-hydrogen) atoms. The average Bonchev–Trinajstić information content (AvgIpc) is 3.14. The Hall–Kier alpha value is -1.05. The zero-order valence-electron chi connectivity index (χ0n) is 17.5. The van der Waals surface area contributed by atoms with Crippen LogP contribution in [-0.4, -0.2) is 28.5 Å². The van der Waals surface area contributed by atoms with Gasteiger partial charge in [0.05, 0.1) is 16.0 Å². The molecule has 2 aliphatic carbocycles. The first-order valence-electron chi connectivity index (χ1n) is 10.9. The van der Waals surface area contributed by atoms with Crippen LogP contribution in [0.5, 0.6) is 0 Å². The number of benzene rings is 1. The largest absolute Gasteiger partial charge is 0.447 e. The maximum absolute atomic E-state index is 11.8. The van der Waals surface area contributed by atoms with E-state index in [2.05, 4.69) is 45.6 Å². The lowest BCUT2D eigenvalue weighted by Gasteiger charge is -2.28. The molecule has 2 aromatic rings. The molecular weight excluding hydrogens is 480 g/mol. The summed E-state index contributed by atoms with van der Waals surface area (Å²) >= 11 is 7.49. The fourth-order valence-corrected chi connectivity index (χ4v) is 7.10. The van der Waals surface area contributed by atoms with Crippen molar-refractivity contribution in [1.82, 2.24) is 10.3 Å². The van der Waals surface area contributed by atoms with Gasteiger partial charge in [0.2, 0.25) is 0 Å². The number of aromatic nitrogens is 1. The third kappa shape index (κ3) is 5.60. The summed E-state index contributed by atoms with van der Waals surface area (Å²) < 4.78 is 6.35. The minimum atomic E-state index is -0.295. The van der Waals surface area contributed by atoms with Gasteiger partial charge in [0.1, 0.15) is 0 Å². The number of ether oxygens (including phenoxy) is 1. The normalized spacial score (nSPS) is 22.0. The summed E-state index contributed by atoms with van der Waals surface area (Å²) in [6, 6.07) is 6.82. The Labute approximate surface area is 195 Å². The number of thiazole rings is 1. The van der Waals surface area contributed by atoms with Crippen LogP contribution in [0, 0.1) is 0 Å². The van der Waals surface area contributed by atoms with Gasteiger partial charge in [-0.2, -0.15) is 0 Å². The van der Waals surface area contributed by atoms with Crippen LogP contribution in [0.3, 0.4) is 0 Å². The molecule has 0 radical (unpaired) electrons. The Morgan fingerprint density at radius 3 is 2.67 bits per heavy atom. The highest BCUT2D eigenvalue weighted by molar-refractivity contribution is 9.10. The number of hydrogen-bond acceptors (Lipinski definition) is 5. The second kappa shape index (κ2) is 10.0. The van der Waals surface area contributed by atoms with Gasteiger partial charge in [-0.15, -0.1) is 23.1 Å². The van der Waals surface area contributed by atoms with E-state index in [1.807, 2.05) is 36.9 Å². The lowest BCUT2D eigenvalue weighted by molar-refractivity contribution is 0.109. The van der Waals surface area contributed by atoms with E-state index >= 15 is 0 Å². The second-order valence-corrected chi connectivity index (χ2v) is 11.8. The van der Waals surface area contributed by atoms with E-state index in [4.69, 9.17) is 9.72 Å². The quantitative estimate of drug-likeness (QED) is 0.442. The topological polar surface area (TPSA) is 51.2 Å². The number of alkyl carbamates (subject to hydrolysis) is 1. The Balaban J connectivity index is 1.39. The van der Waals surface area contributed by atoms with E-state index in [1.54, 1.807) is 0 Å². The van der Waals surface area contributed by atoms with Crippen LogP contribution >= 0.6 is 39.0 Å². The summed E-state index contributed by atoms with van der Waals surface area (Å²) in [5, 5.41) is 5.00. The fourth-order valence-electron chi connectivity index (χ4n) is 3.97. The van der Waals surface area contributed by atoms with Crippen molar-refractivity contribution in [3.8, 4) is 10.4 Å². The third-order valence-corrected chi connectivity index (χ3v) is 8.90. The van der Waals surface area contributed by atoms with Gasteiger partial charge in [-0.25, -0.2) is 9.78 Å². The van der Waals surface area contributed by atoms with Gasteiger partial charge in [-0.3, -0.25) is 0 Å². The van der Waals surface area contributed by atoms with Crippen molar-refractivity contribution in [3.05, 3.63) is 33.9 Å². The molecular formula is C23H29BrN2O2S2. The zero-order valence-corrected chi connectivity index (χ0v) is 20.7. The first kappa shape index (κ1) is 22.2. The predicted octanol–water partition coefficient (Wildman–Crippen LogP) is 7.38. The van der Waals surface area contributed by atoms with Gasteiger partial charge in [-0.05, 0) is 64.5 Å². The van der Waals surface area contributed by atoms with Crippen LogP contribution in [0.25, 0.3) is 10.4 Å². The summed E-state index contributed by atoms with van der Waals surface area (Å²) in [6.45, 7) is 3.75. The minimum Gasteiger partial charge on any atom is -0.447 e. The van der Waals surface area contributed by atoms with Crippen LogP contribution in [0.1, 0.15) is 69.7 Å². The Morgan fingerprint density at radius 2 is 2.00 bits per heavy atom. The van der Waals surface area contributed by atoms with E-state index in [0.717, 1.165) is 35.4 Å². The highest BCUT2D eigenvalue weighted by Crippen LogP contribution is 2.44. The zero-order chi connectivity index (χ0) is 21.1. The summed E-state index contributed by atoms with van der Waals surface area (Å²) in [5.41, 5.74) is 1.31. The Bertz CT molecular complexity index is 874. The number of carbonyl (C=O) groups is 1. The molecule has 4 nitrogen and oxygen atoms in total. The molecule has 0 bridgehead atoms. The highest BCUT2D eigenvalue weighted by Gasteiger charge is 2.27. The Morgan fingerprint density at radius 1 is 1.23 bits per heavy atom. The maximum atomic E-state index is 11.8. The summed E-state index contributed by atoms with van der Waals surface area (Å²) in [4.78, 5) is 19.3. The predicted molar refractivity (Wildman–Crippen MR) is 128 cm³/mol. The van der Waals surface area contributed by atoms with Crippen LogP contribution in [0.2, 0.25) is 0 Å². The van der Waals surface area contributed by atoms with E-state index in [-0.39, 0.29) is 18.2 Å². The first-order chi connectivity index (χ1) is 14.5. The van der Waals surface area contributed by atoms with Crippen molar-refractivity contribution in [2.24, 2.45) is 0 Å². The summed E-state index contributed by atoms with van der Waals surface area (Å²) in [6.07, 6.45) is 9.77. The number of hydrogen-bond donors (Lipinski definition) is 1. The van der Waals surface area contributed by atoms with Crippen molar-refractivity contribution in [3.63, 3.8) is 0 Å². The third-order valence-electron chi connectivity index (χ3n) is 5.82. The monoisotopic (exact) mass is 508 g/mol. The van der Waals surface area contributed by atoms with E-state index in [1.165, 1.54) is 39.6 Å². The van der Waals surface area contributed by atoms with Crippen LogP contribution in [0.4, 0.5) is 4.79 Å². The van der Waals surface area contributed by atoms with Crippen LogP contribution in [-0.2, 0) is 4.74 Å². The molecule has 1 heterocycles. The number of rotatable bonds is 6. The van der Waals surface area contributed by atoms with E-state index in [0.29, 0.717) is 5.92 Å². The molecule has 2 aliphatic rings. The number of halogens is 1. The van der Waals surface area contributed by atoms with Crippen molar-refractivity contribution in [2.45, 2.75) is 87.0 Å². The molecule has 0 atom stereocenters. The van der Waals surface area contributed by atoms with E-state index in [9.17, 15) is 4.79 Å². The minimum absolute atomic E-state index is 0.0824. The molecule has 1 amide bonds. The molecule has 2 fully saturated rings. The average molecular weight is 510 g/mol. The summed E-state index contributed by atoms with van der Waals surface area (Å²) in [5.74, 6) is 0.487. The molecule has 162 valence electrons. The molecule has 1 N–H and O–H groups in total. The Kier molecular flexibility index (Phi) is 7.42. The number of carbonyl (C=O) groups excluding carboxylic acids is 1. The first-order valence-corrected chi connectivity index (χ1v) is 13.4. The highest BCUT2D eigenvalue weighted by atomic mass is 79.9. The molecule has 0 saturated heterocycles. The van der Waals surface area contributed by atoms with Gasteiger partial charge >= 0.3 is 6.09 Å². The van der Waals surface area contributed by atoms with Gasteiger partial charge in [0, 0.05) is 38.3 Å². The van der Waals surface area contributed by atoms with Gasteiger partial charge in [0.15, 0.2) is 0 Å². The lowest BCUT2D eigenvalue weighted by Crippen LogP contribution is -2.38. The standard InChI is InChI=1S/C23H29BrN2O2S2/c1-14(2)28-23(27)26-17-9-6-15(7-10-17)22-25-13-21(30-22)19-11-8-16(24)12-20(19)29-18-4-3-5-18/h8,11-15,17-18H,3-7,9-10H2,1-2H3,(H,26,27)/t15-,17-. The molecule has 0 unspecified atom stereocenters. The van der Waals surface area contributed by atoms with Gasteiger partial charge in [-0.1, -0.05) is 28.4 Å². The number of nitrogens with one attached hydrogen (secondary N) is 1. The van der Waals surface area contributed by atoms with Crippen molar-refractivity contribution in [1.29, 1.82) is 0 Å². The number of amides is 1. The van der Waals surface area contributed by atoms with Crippen molar-refractivity contribution >= 4 is 45.1 Å². The van der Waals surface area contributed by atoms with Crippen LogP contribution < -0.4 is 5.32 Å². The van der Waals surface area contributed by atoms with Gasteiger partial charge < -0.3 is 10.1 Å². The molecule has 1 aromatic carbocycles. The molecule has 4 rings (SSSR count). The van der Waals surface area contributed by atoms with Crippen molar-refractivity contribution in [2.75, 3.05) is 0 Å². The molecule has 0 spiro atoms. The van der Waals surface area contributed by atoms with Crippen molar-refractivity contribution < 1.29 is 9.53 Å². The molecule has 7 heteroatoms. The van der Waals surface area contributed by atoms with E-state index < -0.39 is 0 Å². The fraction of sp³-hybridized carbons (Fsp3) is 0.565. The molecule has 1 aromatic heterocycles. The second-order valence-electron chi connectivity index (χ2n) is 8.52. The molecule has 2 saturated carbocycles. The SMILES string of the molecule is CC(C)OC(=O)N[C@H]1CC[C@H](c2ncc(-c3ccc(Br)cc3SC3CCC3)s2)CC1. The number of nitrogens with zero attached hydrogens (tertiary/aromatic N) is 1. The number of thioether (sulfide) groups is 1. The lowest BCUT2D eigenvalue weighted by atomic mass is 9.86. The van der Waals surface area contributed by atoms with Gasteiger partial charge in [0.25, 0.3) is 0 Å². The van der Waals surface area contributed by atoms with Crippen LogP contribution in [0.15, 0.2) is 33.8 Å². The summed E-state index contributed by atoms with van der Waals surface area (Å²) in [7, 11) is 0. The molecule has 0 aliphatic heterocycles.